The van der Waals surface area contributed by atoms with E-state index in [0.717, 1.165) is 12.8 Å². The number of hydrogen-bond acceptors (Lipinski definition) is 4. The smallest absolute Gasteiger partial charge is 0.274 e. The lowest BCUT2D eigenvalue weighted by Gasteiger charge is -2.18. The lowest BCUT2D eigenvalue weighted by molar-refractivity contribution is 0.0856. The van der Waals surface area contributed by atoms with Gasteiger partial charge in [0.05, 0.1) is 17.4 Å². The third-order valence-electron chi connectivity index (χ3n) is 6.24. The van der Waals surface area contributed by atoms with Crippen LogP contribution in [-0.2, 0) is 17.1 Å². The second kappa shape index (κ2) is 7.41. The van der Waals surface area contributed by atoms with E-state index in [9.17, 15) is 22.0 Å². The summed E-state index contributed by atoms with van der Waals surface area (Å²) in [6, 6.07) is 6.29. The summed E-state index contributed by atoms with van der Waals surface area (Å²) < 4.78 is 61.6. The van der Waals surface area contributed by atoms with Crippen LogP contribution in [0.25, 0.3) is 22.0 Å². The summed E-state index contributed by atoms with van der Waals surface area (Å²) in [5.41, 5.74) is 1.38. The SMILES string of the molecule is Cn1cc(-c2ccc(S(=O)(=O)N3CCCC3)cc2OCC2CC2(F)F)c2cc[nH]c2c1=O. The van der Waals surface area contributed by atoms with Crippen LogP contribution in [0.2, 0.25) is 0 Å². The molecule has 0 bridgehead atoms. The van der Waals surface area contributed by atoms with Crippen LogP contribution in [0.4, 0.5) is 8.78 Å². The Hall–Kier alpha value is -2.72. The first-order valence-electron chi connectivity index (χ1n) is 10.5. The van der Waals surface area contributed by atoms with E-state index in [4.69, 9.17) is 4.74 Å². The Morgan fingerprint density at radius 2 is 1.91 bits per heavy atom. The maximum atomic E-state index is 13.4. The summed E-state index contributed by atoms with van der Waals surface area (Å²) in [5.74, 6) is -3.43. The molecule has 10 heteroatoms. The minimum atomic E-state index is -3.71. The highest BCUT2D eigenvalue weighted by Crippen LogP contribution is 2.49. The monoisotopic (exact) mass is 463 g/mol. The zero-order valence-corrected chi connectivity index (χ0v) is 18.3. The third kappa shape index (κ3) is 3.51. The number of H-pyrrole nitrogens is 1. The van der Waals surface area contributed by atoms with Gasteiger partial charge in [-0.05, 0) is 31.0 Å². The molecule has 2 fully saturated rings. The Morgan fingerprint density at radius 1 is 1.19 bits per heavy atom. The number of pyridine rings is 1. The molecule has 0 spiro atoms. The van der Waals surface area contributed by atoms with Crippen molar-refractivity contribution in [1.29, 1.82) is 0 Å². The van der Waals surface area contributed by atoms with Gasteiger partial charge in [-0.3, -0.25) is 4.79 Å². The molecule has 1 saturated heterocycles. The molecule has 0 amide bonds. The summed E-state index contributed by atoms with van der Waals surface area (Å²) >= 11 is 0. The molecule has 1 aliphatic heterocycles. The molecule has 1 atom stereocenters. The average Bonchev–Trinajstić information content (AvgIpc) is 3.23. The van der Waals surface area contributed by atoms with E-state index >= 15 is 0 Å². The Morgan fingerprint density at radius 3 is 2.59 bits per heavy atom. The van der Waals surface area contributed by atoms with Crippen molar-refractivity contribution in [2.45, 2.75) is 30.1 Å². The zero-order chi connectivity index (χ0) is 22.7. The van der Waals surface area contributed by atoms with E-state index in [1.807, 2.05) is 0 Å². The summed E-state index contributed by atoms with van der Waals surface area (Å²) in [7, 11) is -2.09. The van der Waals surface area contributed by atoms with Crippen molar-refractivity contribution in [3.8, 4) is 16.9 Å². The molecule has 1 aliphatic carbocycles. The fourth-order valence-electron chi connectivity index (χ4n) is 4.21. The number of rotatable bonds is 6. The van der Waals surface area contributed by atoms with Crippen LogP contribution in [0.3, 0.4) is 0 Å². The Bertz CT molecular complexity index is 1360. The second-order valence-corrected chi connectivity index (χ2v) is 10.4. The predicted octanol–water partition coefficient (Wildman–Crippen LogP) is 3.35. The quantitative estimate of drug-likeness (QED) is 0.608. The van der Waals surface area contributed by atoms with Gasteiger partial charge in [-0.1, -0.05) is 0 Å². The molecule has 1 N–H and O–H groups in total. The van der Waals surface area contributed by atoms with Gasteiger partial charge < -0.3 is 14.3 Å². The number of fused-ring (bicyclic) bond motifs is 1. The molecule has 170 valence electrons. The van der Waals surface area contributed by atoms with Gasteiger partial charge in [0, 0.05) is 61.5 Å². The highest BCUT2D eigenvalue weighted by Gasteiger charge is 2.57. The molecular weight excluding hydrogens is 440 g/mol. The van der Waals surface area contributed by atoms with Crippen LogP contribution in [0, 0.1) is 5.92 Å². The standard InChI is InChI=1S/C22H23F2N3O4S/c1-26-12-18(17-6-7-25-20(17)21(26)28)16-5-4-15(32(29,30)27-8-2-3-9-27)10-19(16)31-13-14-11-22(14,23)24/h4-7,10,12,14,25H,2-3,8-9,11,13H2,1H3. The lowest BCUT2D eigenvalue weighted by atomic mass is 10.0. The number of aromatic nitrogens is 2. The van der Waals surface area contributed by atoms with Gasteiger partial charge in [0.15, 0.2) is 0 Å². The fraction of sp³-hybridized carbons (Fsp3) is 0.409. The molecule has 1 aromatic carbocycles. The van der Waals surface area contributed by atoms with Gasteiger partial charge in [0.1, 0.15) is 11.3 Å². The maximum Gasteiger partial charge on any atom is 0.274 e. The van der Waals surface area contributed by atoms with E-state index in [1.54, 1.807) is 31.6 Å². The largest absolute Gasteiger partial charge is 0.492 e. The van der Waals surface area contributed by atoms with Gasteiger partial charge in [-0.15, -0.1) is 0 Å². The number of hydrogen-bond donors (Lipinski definition) is 1. The molecular formula is C22H23F2N3O4S. The number of sulfonamides is 1. The summed E-state index contributed by atoms with van der Waals surface area (Å²) in [6.07, 6.45) is 4.66. The summed E-state index contributed by atoms with van der Waals surface area (Å²) in [4.78, 5) is 15.4. The number of ether oxygens (including phenoxy) is 1. The number of benzene rings is 1. The van der Waals surface area contributed by atoms with Crippen LogP contribution >= 0.6 is 0 Å². The number of aromatic amines is 1. The molecule has 2 aliphatic rings. The van der Waals surface area contributed by atoms with Crippen LogP contribution in [0.15, 0.2) is 46.3 Å². The van der Waals surface area contributed by atoms with Crippen molar-refractivity contribution in [3.05, 3.63) is 47.0 Å². The molecule has 1 unspecified atom stereocenters. The predicted molar refractivity (Wildman–Crippen MR) is 116 cm³/mol. The summed E-state index contributed by atoms with van der Waals surface area (Å²) in [5, 5.41) is 0.643. The highest BCUT2D eigenvalue weighted by atomic mass is 32.2. The highest BCUT2D eigenvalue weighted by molar-refractivity contribution is 7.89. The van der Waals surface area contributed by atoms with Crippen LogP contribution < -0.4 is 10.3 Å². The maximum absolute atomic E-state index is 13.4. The first-order chi connectivity index (χ1) is 15.2. The molecule has 3 heterocycles. The van der Waals surface area contributed by atoms with Crippen LogP contribution in [0.1, 0.15) is 19.3 Å². The number of nitrogens with one attached hydrogen (secondary N) is 1. The van der Waals surface area contributed by atoms with Crippen LogP contribution in [0.5, 0.6) is 5.75 Å². The minimum absolute atomic E-state index is 0.0656. The Labute approximate surface area is 183 Å². The van der Waals surface area contributed by atoms with Crippen LogP contribution in [-0.4, -0.2) is 47.9 Å². The van der Waals surface area contributed by atoms with Crippen molar-refractivity contribution >= 4 is 20.9 Å². The van der Waals surface area contributed by atoms with E-state index in [0.29, 0.717) is 35.1 Å². The number of alkyl halides is 2. The molecule has 0 radical (unpaired) electrons. The molecule has 32 heavy (non-hydrogen) atoms. The first-order valence-corrected chi connectivity index (χ1v) is 11.9. The van der Waals surface area contributed by atoms with Crippen molar-refractivity contribution in [2.75, 3.05) is 19.7 Å². The molecule has 1 saturated carbocycles. The Kier molecular flexibility index (Phi) is 4.90. The second-order valence-electron chi connectivity index (χ2n) is 8.47. The van der Waals surface area contributed by atoms with Gasteiger partial charge in [0.2, 0.25) is 10.0 Å². The first kappa shape index (κ1) is 21.1. The number of nitrogens with zero attached hydrogens (tertiary/aromatic N) is 2. The normalized spacial score (nSPS) is 20.7. The van der Waals surface area contributed by atoms with Crippen molar-refractivity contribution < 1.29 is 21.9 Å². The van der Waals surface area contributed by atoms with E-state index in [2.05, 4.69) is 4.98 Å². The minimum Gasteiger partial charge on any atom is -0.492 e. The third-order valence-corrected chi connectivity index (χ3v) is 8.13. The van der Waals surface area contributed by atoms with Crippen molar-refractivity contribution in [3.63, 3.8) is 0 Å². The molecule has 2 aromatic heterocycles. The van der Waals surface area contributed by atoms with Gasteiger partial charge in [-0.2, -0.15) is 4.31 Å². The number of aryl methyl sites for hydroxylation is 1. The Balaban J connectivity index is 1.61. The average molecular weight is 464 g/mol. The number of halogens is 2. The lowest BCUT2D eigenvalue weighted by Crippen LogP contribution is -2.27. The fourth-order valence-corrected chi connectivity index (χ4v) is 5.74. The molecule has 3 aromatic rings. The van der Waals surface area contributed by atoms with Crippen molar-refractivity contribution in [2.24, 2.45) is 13.0 Å². The van der Waals surface area contributed by atoms with Gasteiger partial charge >= 0.3 is 0 Å². The van der Waals surface area contributed by atoms with Gasteiger partial charge in [-0.25, -0.2) is 17.2 Å². The molecule has 5 rings (SSSR count). The zero-order valence-electron chi connectivity index (χ0n) is 17.5. The molecule has 7 nitrogen and oxygen atoms in total. The van der Waals surface area contributed by atoms with Crippen molar-refractivity contribution in [1.82, 2.24) is 13.9 Å². The topological polar surface area (TPSA) is 84.4 Å². The summed E-state index contributed by atoms with van der Waals surface area (Å²) in [6.45, 7) is 0.702. The van der Waals surface area contributed by atoms with E-state index in [1.165, 1.54) is 21.0 Å². The van der Waals surface area contributed by atoms with E-state index in [-0.39, 0.29) is 29.2 Å². The van der Waals surface area contributed by atoms with E-state index < -0.39 is 21.9 Å². The van der Waals surface area contributed by atoms with Gasteiger partial charge in [0.25, 0.3) is 11.5 Å².